The predicted molar refractivity (Wildman–Crippen MR) is 122 cm³/mol. The number of methoxy groups -OCH3 is 1. The highest BCUT2D eigenvalue weighted by Gasteiger charge is 2.46. The molecule has 2 saturated heterocycles. The standard InChI is InChI=1S/C22H32ClN5O3/c1-14(2)12-22(3)19(29)28(20(24)26-22)13-15-7-9-27(10-8-15)21(30)25-17-11-16(23)5-6-18(17)31-4/h5-6,11,14-15H,7-10,12-13H2,1-4H3,(H2,24,26)(H,25,30). The van der Waals surface area contributed by atoms with Crippen molar-refractivity contribution in [3.05, 3.63) is 23.2 Å². The van der Waals surface area contributed by atoms with Gasteiger partial charge in [-0.3, -0.25) is 15.1 Å². The van der Waals surface area contributed by atoms with Crippen LogP contribution in [0.1, 0.15) is 40.0 Å². The van der Waals surface area contributed by atoms with E-state index in [2.05, 4.69) is 24.5 Å². The van der Waals surface area contributed by atoms with Crippen LogP contribution >= 0.6 is 11.6 Å². The van der Waals surface area contributed by atoms with Crippen molar-refractivity contribution in [1.29, 1.82) is 5.41 Å². The van der Waals surface area contributed by atoms with Gasteiger partial charge in [0.25, 0.3) is 5.91 Å². The van der Waals surface area contributed by atoms with Crippen LogP contribution in [-0.4, -0.2) is 60.0 Å². The normalized spacial score (nSPS) is 22.1. The van der Waals surface area contributed by atoms with Crippen molar-refractivity contribution in [3.63, 3.8) is 0 Å². The molecule has 170 valence electrons. The second-order valence-electron chi connectivity index (χ2n) is 9.02. The SMILES string of the molecule is COc1ccc(Cl)cc1NC(=O)N1CCC(CN2C(=N)NC(C)(CC(C)C)C2=O)CC1. The number of carbonyl (C=O) groups is 2. The quantitative estimate of drug-likeness (QED) is 0.615. The third kappa shape index (κ3) is 5.23. The minimum absolute atomic E-state index is 0.0283. The van der Waals surface area contributed by atoms with Crippen LogP contribution in [0.15, 0.2) is 18.2 Å². The molecule has 1 aromatic carbocycles. The summed E-state index contributed by atoms with van der Waals surface area (Å²) in [6, 6.07) is 4.89. The fourth-order valence-corrected chi connectivity index (χ4v) is 4.63. The van der Waals surface area contributed by atoms with Gasteiger partial charge in [-0.05, 0) is 56.2 Å². The molecule has 0 saturated carbocycles. The lowest BCUT2D eigenvalue weighted by molar-refractivity contribution is -0.131. The predicted octanol–water partition coefficient (Wildman–Crippen LogP) is 3.76. The van der Waals surface area contributed by atoms with Crippen molar-refractivity contribution in [3.8, 4) is 5.75 Å². The van der Waals surface area contributed by atoms with Crippen molar-refractivity contribution in [2.75, 3.05) is 32.1 Å². The summed E-state index contributed by atoms with van der Waals surface area (Å²) in [5.74, 6) is 1.31. The number of hydrogen-bond acceptors (Lipinski definition) is 4. The minimum atomic E-state index is -0.706. The Labute approximate surface area is 188 Å². The van der Waals surface area contributed by atoms with Crippen LogP contribution in [0.4, 0.5) is 10.5 Å². The number of halogens is 1. The minimum Gasteiger partial charge on any atom is -0.495 e. The molecule has 0 radical (unpaired) electrons. The van der Waals surface area contributed by atoms with Gasteiger partial charge >= 0.3 is 6.03 Å². The summed E-state index contributed by atoms with van der Waals surface area (Å²) >= 11 is 6.04. The van der Waals surface area contributed by atoms with Gasteiger partial charge in [0, 0.05) is 24.7 Å². The van der Waals surface area contributed by atoms with E-state index in [0.29, 0.717) is 48.4 Å². The first kappa shape index (κ1) is 23.2. The van der Waals surface area contributed by atoms with Crippen molar-refractivity contribution in [2.24, 2.45) is 11.8 Å². The third-order valence-corrected chi connectivity index (χ3v) is 6.18. The largest absolute Gasteiger partial charge is 0.495 e. The Morgan fingerprint density at radius 3 is 2.68 bits per heavy atom. The summed E-state index contributed by atoms with van der Waals surface area (Å²) in [6.07, 6.45) is 2.24. The molecule has 0 spiro atoms. The van der Waals surface area contributed by atoms with Gasteiger partial charge < -0.3 is 20.3 Å². The zero-order valence-corrected chi connectivity index (χ0v) is 19.4. The molecule has 31 heavy (non-hydrogen) atoms. The maximum absolute atomic E-state index is 12.9. The lowest BCUT2D eigenvalue weighted by atomic mass is 9.90. The molecule has 1 atom stereocenters. The molecule has 9 heteroatoms. The fourth-order valence-electron chi connectivity index (χ4n) is 4.46. The van der Waals surface area contributed by atoms with E-state index in [1.165, 1.54) is 0 Å². The van der Waals surface area contributed by atoms with Crippen LogP contribution in [0.2, 0.25) is 5.02 Å². The Kier molecular flexibility index (Phi) is 6.99. The van der Waals surface area contributed by atoms with Crippen molar-refractivity contribution < 1.29 is 14.3 Å². The Morgan fingerprint density at radius 2 is 2.06 bits per heavy atom. The number of hydrogen-bond donors (Lipinski definition) is 3. The maximum Gasteiger partial charge on any atom is 0.321 e. The van der Waals surface area contributed by atoms with Crippen LogP contribution in [-0.2, 0) is 4.79 Å². The lowest BCUT2D eigenvalue weighted by Crippen LogP contribution is -2.46. The number of rotatable bonds is 6. The molecule has 8 nitrogen and oxygen atoms in total. The Bertz CT molecular complexity index is 854. The molecule has 0 bridgehead atoms. The fraction of sp³-hybridized carbons (Fsp3) is 0.591. The van der Waals surface area contributed by atoms with E-state index in [-0.39, 0.29) is 23.8 Å². The van der Waals surface area contributed by atoms with E-state index < -0.39 is 5.54 Å². The monoisotopic (exact) mass is 449 g/mol. The van der Waals surface area contributed by atoms with Crippen molar-refractivity contribution >= 4 is 35.2 Å². The molecule has 0 aromatic heterocycles. The first-order valence-electron chi connectivity index (χ1n) is 10.7. The van der Waals surface area contributed by atoms with E-state index in [9.17, 15) is 9.59 Å². The summed E-state index contributed by atoms with van der Waals surface area (Å²) in [4.78, 5) is 29.0. The van der Waals surface area contributed by atoms with Crippen molar-refractivity contribution in [1.82, 2.24) is 15.1 Å². The van der Waals surface area contributed by atoms with Crippen LogP contribution < -0.4 is 15.4 Å². The molecule has 3 N–H and O–H groups in total. The summed E-state index contributed by atoms with van der Waals surface area (Å²) < 4.78 is 5.29. The van der Waals surface area contributed by atoms with Gasteiger partial charge in [-0.2, -0.15) is 0 Å². The number of urea groups is 1. The molecule has 1 aromatic rings. The number of amides is 3. The molecule has 2 fully saturated rings. The number of carbonyl (C=O) groups excluding carboxylic acids is 2. The first-order valence-corrected chi connectivity index (χ1v) is 11.1. The highest BCUT2D eigenvalue weighted by Crippen LogP contribution is 2.30. The van der Waals surface area contributed by atoms with E-state index in [0.717, 1.165) is 12.8 Å². The number of piperidine rings is 1. The first-order chi connectivity index (χ1) is 14.6. The highest BCUT2D eigenvalue weighted by atomic mass is 35.5. The van der Waals surface area contributed by atoms with Gasteiger partial charge in [0.15, 0.2) is 5.96 Å². The van der Waals surface area contributed by atoms with Crippen LogP contribution in [0, 0.1) is 17.2 Å². The number of guanidine groups is 1. The van der Waals surface area contributed by atoms with Crippen molar-refractivity contribution in [2.45, 2.75) is 45.6 Å². The molecule has 1 unspecified atom stereocenters. The average molecular weight is 450 g/mol. The molecule has 3 rings (SSSR count). The molecule has 0 aliphatic carbocycles. The maximum atomic E-state index is 12.9. The Hall–Kier alpha value is -2.48. The van der Waals surface area contributed by atoms with Gasteiger partial charge in [-0.1, -0.05) is 25.4 Å². The summed E-state index contributed by atoms with van der Waals surface area (Å²) in [5, 5.41) is 14.7. The molecule has 2 aliphatic rings. The molecule has 2 aliphatic heterocycles. The van der Waals surface area contributed by atoms with Gasteiger partial charge in [-0.25, -0.2) is 4.79 Å². The third-order valence-electron chi connectivity index (χ3n) is 5.94. The smallest absolute Gasteiger partial charge is 0.321 e. The van der Waals surface area contributed by atoms with E-state index in [1.54, 1.807) is 35.1 Å². The number of anilines is 1. The van der Waals surface area contributed by atoms with E-state index in [1.807, 2.05) is 6.92 Å². The average Bonchev–Trinajstić information content (AvgIpc) is 2.90. The number of nitrogens with zero attached hydrogens (tertiary/aromatic N) is 2. The van der Waals surface area contributed by atoms with Gasteiger partial charge in [0.05, 0.1) is 12.8 Å². The molecular formula is C22H32ClN5O3. The van der Waals surface area contributed by atoms with Gasteiger partial charge in [-0.15, -0.1) is 0 Å². The van der Waals surface area contributed by atoms with Crippen LogP contribution in [0.3, 0.4) is 0 Å². The number of likely N-dealkylation sites (tertiary alicyclic amines) is 1. The zero-order chi connectivity index (χ0) is 22.8. The van der Waals surface area contributed by atoms with Gasteiger partial charge in [0.2, 0.25) is 0 Å². The van der Waals surface area contributed by atoms with E-state index in [4.69, 9.17) is 21.7 Å². The Morgan fingerprint density at radius 1 is 1.39 bits per heavy atom. The number of benzene rings is 1. The molecule has 3 amide bonds. The van der Waals surface area contributed by atoms with E-state index >= 15 is 0 Å². The van der Waals surface area contributed by atoms with Crippen LogP contribution in [0.5, 0.6) is 5.75 Å². The summed E-state index contributed by atoms with van der Waals surface area (Å²) in [6.45, 7) is 7.71. The van der Waals surface area contributed by atoms with Gasteiger partial charge in [0.1, 0.15) is 11.3 Å². The highest BCUT2D eigenvalue weighted by molar-refractivity contribution is 6.31. The number of ether oxygens (including phenoxy) is 1. The lowest BCUT2D eigenvalue weighted by Gasteiger charge is -2.33. The second-order valence-corrected chi connectivity index (χ2v) is 9.46. The summed E-state index contributed by atoms with van der Waals surface area (Å²) in [5.41, 5.74) is -0.171. The number of nitrogens with one attached hydrogen (secondary N) is 3. The topological polar surface area (TPSA) is 97.8 Å². The zero-order valence-electron chi connectivity index (χ0n) is 18.6. The second kappa shape index (κ2) is 9.34. The summed E-state index contributed by atoms with van der Waals surface area (Å²) in [7, 11) is 1.54. The molecular weight excluding hydrogens is 418 g/mol. The molecule has 2 heterocycles. The Balaban J connectivity index is 1.54. The van der Waals surface area contributed by atoms with Crippen LogP contribution in [0.25, 0.3) is 0 Å².